The normalized spacial score (nSPS) is 18.0. The molecule has 46 heavy (non-hydrogen) atoms. The standard InChI is InChI=1S/C31H38N2O4.C6H5NO2/c1-5-36-29(34)27-20-28(23(3)32-22(27)2)30(35)37-31(4)17-19-33(21-31)18-16-26(24-12-8-6-9-13-24)25-14-10-7-11-15-25;8-7(9)6-4-2-1-3-5-6/h6-15,26,32H,5,16-21H2,1-4H3;1-5H. The van der Waals surface area contributed by atoms with Gasteiger partial charge in [-0.25, -0.2) is 9.59 Å². The maximum absolute atomic E-state index is 13.2. The summed E-state index contributed by atoms with van der Waals surface area (Å²) in [6, 6.07) is 29.2. The summed E-state index contributed by atoms with van der Waals surface area (Å²) in [5, 5.41) is 13.2. The molecule has 0 spiro atoms. The second-order valence-corrected chi connectivity index (χ2v) is 11.9. The van der Waals surface area contributed by atoms with Crippen LogP contribution < -0.4 is 5.32 Å². The zero-order chi connectivity index (χ0) is 33.1. The van der Waals surface area contributed by atoms with Gasteiger partial charge in [0.2, 0.25) is 0 Å². The summed E-state index contributed by atoms with van der Waals surface area (Å²) in [5.74, 6) is -0.445. The lowest BCUT2D eigenvalue weighted by molar-refractivity contribution is -0.384. The lowest BCUT2D eigenvalue weighted by atomic mass is 9.88. The highest BCUT2D eigenvalue weighted by molar-refractivity contribution is 5.96. The Morgan fingerprint density at radius 1 is 0.891 bits per heavy atom. The van der Waals surface area contributed by atoms with Crippen LogP contribution in [0.5, 0.6) is 0 Å². The first-order chi connectivity index (χ1) is 22.1. The number of ether oxygens (including phenoxy) is 2. The number of hydrogen-bond acceptors (Lipinski definition) is 8. The molecule has 1 unspecified atom stereocenters. The minimum atomic E-state index is -0.570. The number of allylic oxidation sites excluding steroid dienone is 2. The minimum Gasteiger partial charge on any atom is -0.463 e. The lowest BCUT2D eigenvalue weighted by Gasteiger charge is -2.28. The molecule has 1 atom stereocenters. The average Bonchev–Trinajstić information content (AvgIpc) is 3.42. The molecule has 2 aliphatic heterocycles. The zero-order valence-electron chi connectivity index (χ0n) is 27.0. The van der Waals surface area contributed by atoms with Crippen LogP contribution in [0.25, 0.3) is 0 Å². The molecule has 0 bridgehead atoms. The predicted octanol–water partition coefficient (Wildman–Crippen LogP) is 6.92. The number of nitrogens with one attached hydrogen (secondary N) is 1. The fraction of sp³-hybridized carbons (Fsp3) is 0.351. The third-order valence-electron chi connectivity index (χ3n) is 8.36. The largest absolute Gasteiger partial charge is 0.463 e. The van der Waals surface area contributed by atoms with E-state index in [0.29, 0.717) is 30.2 Å². The van der Waals surface area contributed by atoms with Gasteiger partial charge in [-0.1, -0.05) is 78.9 Å². The van der Waals surface area contributed by atoms with Crippen molar-refractivity contribution in [3.63, 3.8) is 0 Å². The topological polar surface area (TPSA) is 111 Å². The summed E-state index contributed by atoms with van der Waals surface area (Å²) in [6.07, 6.45) is 1.98. The number of rotatable bonds is 10. The summed E-state index contributed by atoms with van der Waals surface area (Å²) >= 11 is 0. The lowest BCUT2D eigenvalue weighted by Crippen LogP contribution is -2.37. The number of non-ortho nitro benzene ring substituents is 1. The maximum atomic E-state index is 13.2. The fourth-order valence-electron chi connectivity index (χ4n) is 5.89. The molecule has 1 fully saturated rings. The molecular weight excluding hydrogens is 582 g/mol. The first kappa shape index (κ1) is 34.1. The number of esters is 2. The maximum Gasteiger partial charge on any atom is 0.336 e. The van der Waals surface area contributed by atoms with Crippen LogP contribution in [0.1, 0.15) is 64.0 Å². The number of dihydropyridines is 1. The third-order valence-corrected chi connectivity index (χ3v) is 8.36. The Kier molecular flexibility index (Phi) is 11.9. The van der Waals surface area contributed by atoms with E-state index in [-0.39, 0.29) is 18.1 Å². The van der Waals surface area contributed by atoms with E-state index in [2.05, 4.69) is 70.9 Å². The summed E-state index contributed by atoms with van der Waals surface area (Å²) < 4.78 is 11.3. The predicted molar refractivity (Wildman–Crippen MR) is 178 cm³/mol. The van der Waals surface area contributed by atoms with E-state index in [1.54, 1.807) is 25.1 Å². The average molecular weight is 626 g/mol. The van der Waals surface area contributed by atoms with Crippen molar-refractivity contribution in [2.45, 2.75) is 58.5 Å². The summed E-state index contributed by atoms with van der Waals surface area (Å²) in [5.41, 5.74) is 4.61. The first-order valence-electron chi connectivity index (χ1n) is 15.7. The van der Waals surface area contributed by atoms with Gasteiger partial charge in [-0.05, 0) is 51.8 Å². The van der Waals surface area contributed by atoms with Gasteiger partial charge in [0.25, 0.3) is 5.69 Å². The van der Waals surface area contributed by atoms with E-state index >= 15 is 0 Å². The van der Waals surface area contributed by atoms with E-state index in [0.717, 1.165) is 37.3 Å². The van der Waals surface area contributed by atoms with Crippen LogP contribution in [-0.2, 0) is 19.1 Å². The van der Waals surface area contributed by atoms with E-state index in [4.69, 9.17) is 9.47 Å². The van der Waals surface area contributed by atoms with Gasteiger partial charge in [-0.2, -0.15) is 0 Å². The number of likely N-dealkylation sites (tertiary alicyclic amines) is 1. The Morgan fingerprint density at radius 2 is 1.41 bits per heavy atom. The van der Waals surface area contributed by atoms with E-state index in [1.165, 1.54) is 23.3 Å². The molecule has 0 amide bonds. The van der Waals surface area contributed by atoms with Crippen molar-refractivity contribution < 1.29 is 24.0 Å². The van der Waals surface area contributed by atoms with Gasteiger partial charge in [0, 0.05) is 55.4 Å². The van der Waals surface area contributed by atoms with Crippen molar-refractivity contribution in [3.8, 4) is 0 Å². The Balaban J connectivity index is 0.000000459. The monoisotopic (exact) mass is 625 g/mol. The molecule has 5 rings (SSSR count). The molecule has 1 N–H and O–H groups in total. The van der Waals surface area contributed by atoms with Gasteiger partial charge >= 0.3 is 11.9 Å². The van der Waals surface area contributed by atoms with Gasteiger partial charge < -0.3 is 14.8 Å². The summed E-state index contributed by atoms with van der Waals surface area (Å²) in [4.78, 5) is 37.6. The van der Waals surface area contributed by atoms with Crippen LogP contribution in [0.2, 0.25) is 0 Å². The molecule has 2 heterocycles. The smallest absolute Gasteiger partial charge is 0.336 e. The van der Waals surface area contributed by atoms with Gasteiger partial charge in [-0.15, -0.1) is 0 Å². The Hall–Kier alpha value is -4.76. The number of benzene rings is 3. The van der Waals surface area contributed by atoms with Crippen LogP contribution in [0.4, 0.5) is 5.69 Å². The number of nitro groups is 1. The van der Waals surface area contributed by atoms with Crippen molar-refractivity contribution in [1.29, 1.82) is 0 Å². The Bertz CT molecular complexity index is 1520. The van der Waals surface area contributed by atoms with Crippen molar-refractivity contribution in [2.75, 3.05) is 26.2 Å². The first-order valence-corrected chi connectivity index (χ1v) is 15.7. The molecule has 0 radical (unpaired) electrons. The molecule has 3 aromatic carbocycles. The Labute approximate surface area is 271 Å². The van der Waals surface area contributed by atoms with E-state index in [9.17, 15) is 19.7 Å². The second-order valence-electron chi connectivity index (χ2n) is 11.9. The molecule has 9 nitrogen and oxygen atoms in total. The number of nitro benzene ring substituents is 1. The fourth-order valence-corrected chi connectivity index (χ4v) is 5.89. The quantitative estimate of drug-likeness (QED) is 0.147. The molecule has 2 aliphatic rings. The molecule has 242 valence electrons. The van der Waals surface area contributed by atoms with Gasteiger partial charge in [0.1, 0.15) is 5.60 Å². The van der Waals surface area contributed by atoms with Gasteiger partial charge in [0.15, 0.2) is 0 Å². The van der Waals surface area contributed by atoms with Gasteiger partial charge in [-0.3, -0.25) is 15.0 Å². The van der Waals surface area contributed by atoms with Crippen LogP contribution in [-0.4, -0.2) is 53.6 Å². The number of para-hydroxylation sites is 1. The molecule has 3 aromatic rings. The highest BCUT2D eigenvalue weighted by atomic mass is 16.6. The molecule has 0 saturated carbocycles. The number of hydrogen-bond donors (Lipinski definition) is 1. The highest BCUT2D eigenvalue weighted by Gasteiger charge is 2.39. The molecule has 0 aromatic heterocycles. The van der Waals surface area contributed by atoms with Crippen LogP contribution in [0, 0.1) is 10.1 Å². The van der Waals surface area contributed by atoms with Crippen LogP contribution in [0.15, 0.2) is 114 Å². The van der Waals surface area contributed by atoms with Crippen molar-refractivity contribution in [1.82, 2.24) is 10.2 Å². The van der Waals surface area contributed by atoms with Gasteiger partial charge in [0.05, 0.1) is 22.7 Å². The van der Waals surface area contributed by atoms with Crippen molar-refractivity contribution in [3.05, 3.63) is 135 Å². The Morgan fingerprint density at radius 3 is 1.91 bits per heavy atom. The SMILES string of the molecule is CCOC(=O)C1=C(C)NC(C)=C(C(=O)OC2(C)CCN(CCC(c3ccccc3)c3ccccc3)C2)C1.O=[N+]([O-])c1ccccc1. The third kappa shape index (κ3) is 9.14. The molecular formula is C37H43N3O6. The molecule has 1 saturated heterocycles. The minimum absolute atomic E-state index is 0.137. The molecule has 0 aliphatic carbocycles. The van der Waals surface area contributed by atoms with E-state index < -0.39 is 16.5 Å². The summed E-state index contributed by atoms with van der Waals surface area (Å²) in [6.45, 7) is 10.2. The van der Waals surface area contributed by atoms with Crippen molar-refractivity contribution >= 4 is 17.6 Å². The zero-order valence-corrected chi connectivity index (χ0v) is 27.0. The van der Waals surface area contributed by atoms with E-state index in [1.807, 2.05) is 20.8 Å². The van der Waals surface area contributed by atoms with Crippen LogP contribution in [0.3, 0.4) is 0 Å². The van der Waals surface area contributed by atoms with Crippen LogP contribution >= 0.6 is 0 Å². The second kappa shape index (κ2) is 16.0. The molecule has 9 heteroatoms. The number of carbonyl (C=O) groups is 2. The number of carbonyl (C=O) groups excluding carboxylic acids is 2. The number of nitrogens with zero attached hydrogens (tertiary/aromatic N) is 2. The summed E-state index contributed by atoms with van der Waals surface area (Å²) in [7, 11) is 0. The highest BCUT2D eigenvalue weighted by Crippen LogP contribution is 2.32. The van der Waals surface area contributed by atoms with Crippen molar-refractivity contribution in [2.24, 2.45) is 0 Å².